The first kappa shape index (κ1) is 14.0. The lowest BCUT2D eigenvalue weighted by molar-refractivity contribution is 0.0696. The summed E-state index contributed by atoms with van der Waals surface area (Å²) in [6, 6.07) is 3.01. The van der Waals surface area contributed by atoms with E-state index in [1.165, 1.54) is 18.3 Å². The van der Waals surface area contributed by atoms with Gasteiger partial charge in [0.25, 0.3) is 0 Å². The highest BCUT2D eigenvalue weighted by molar-refractivity contribution is 5.88. The molecule has 0 amide bonds. The summed E-state index contributed by atoms with van der Waals surface area (Å²) < 4.78 is 1.89. The molecule has 5 heteroatoms. The molecule has 20 heavy (non-hydrogen) atoms. The van der Waals surface area contributed by atoms with E-state index in [0.717, 1.165) is 12.1 Å². The van der Waals surface area contributed by atoms with Crippen LogP contribution in [0.15, 0.2) is 30.7 Å². The van der Waals surface area contributed by atoms with E-state index in [9.17, 15) is 4.79 Å². The quantitative estimate of drug-likeness (QED) is 0.908. The zero-order valence-corrected chi connectivity index (χ0v) is 11.5. The highest BCUT2D eigenvalue weighted by Crippen LogP contribution is 2.08. The minimum absolute atomic E-state index is 0.232. The first-order valence-corrected chi connectivity index (χ1v) is 6.44. The van der Waals surface area contributed by atoms with E-state index in [1.807, 2.05) is 17.0 Å². The fourth-order valence-corrected chi connectivity index (χ4v) is 1.79. The standard InChI is InChI=1S/C15H17N3O2/c1-11(2)9-18-10-12(8-17-18)3-4-14-7-13(15(19)20)5-6-16-14/h3-8,10-11H,9H2,1-2H3,(H,19,20)/b4-3+. The van der Waals surface area contributed by atoms with Crippen LogP contribution in [0.5, 0.6) is 0 Å². The van der Waals surface area contributed by atoms with E-state index in [4.69, 9.17) is 5.11 Å². The van der Waals surface area contributed by atoms with Crippen LogP contribution in [-0.4, -0.2) is 25.8 Å². The van der Waals surface area contributed by atoms with Gasteiger partial charge in [0, 0.05) is 24.5 Å². The molecule has 0 fully saturated rings. The van der Waals surface area contributed by atoms with Crippen molar-refractivity contribution in [2.75, 3.05) is 0 Å². The maximum absolute atomic E-state index is 10.9. The second-order valence-electron chi connectivity index (χ2n) is 5.00. The molecule has 2 heterocycles. The van der Waals surface area contributed by atoms with Crippen LogP contribution >= 0.6 is 0 Å². The number of nitrogens with zero attached hydrogens (tertiary/aromatic N) is 3. The predicted octanol–water partition coefficient (Wildman–Crippen LogP) is 2.80. The smallest absolute Gasteiger partial charge is 0.335 e. The van der Waals surface area contributed by atoms with Gasteiger partial charge in [0.1, 0.15) is 0 Å². The van der Waals surface area contributed by atoms with Gasteiger partial charge in [-0.3, -0.25) is 9.67 Å². The van der Waals surface area contributed by atoms with Crippen LogP contribution < -0.4 is 0 Å². The molecule has 5 nitrogen and oxygen atoms in total. The molecule has 0 bridgehead atoms. The molecular weight excluding hydrogens is 254 g/mol. The fourth-order valence-electron chi connectivity index (χ4n) is 1.79. The lowest BCUT2D eigenvalue weighted by atomic mass is 10.2. The lowest BCUT2D eigenvalue weighted by Crippen LogP contribution is -2.03. The maximum atomic E-state index is 10.9. The second kappa shape index (κ2) is 6.14. The highest BCUT2D eigenvalue weighted by Gasteiger charge is 2.02. The van der Waals surface area contributed by atoms with Gasteiger partial charge >= 0.3 is 5.97 Å². The van der Waals surface area contributed by atoms with Crippen molar-refractivity contribution in [2.45, 2.75) is 20.4 Å². The summed E-state index contributed by atoms with van der Waals surface area (Å²) in [5.41, 5.74) is 1.81. The number of carboxylic acid groups (broad SMARTS) is 1. The molecule has 1 N–H and O–H groups in total. The van der Waals surface area contributed by atoms with Crippen LogP contribution in [0.2, 0.25) is 0 Å². The first-order valence-electron chi connectivity index (χ1n) is 6.44. The van der Waals surface area contributed by atoms with Crippen molar-refractivity contribution in [3.05, 3.63) is 47.5 Å². The Morgan fingerprint density at radius 3 is 2.95 bits per heavy atom. The molecule has 0 unspecified atom stereocenters. The van der Waals surface area contributed by atoms with Crippen molar-refractivity contribution < 1.29 is 9.90 Å². The van der Waals surface area contributed by atoms with Gasteiger partial charge in [0.15, 0.2) is 0 Å². The number of rotatable bonds is 5. The van der Waals surface area contributed by atoms with Crippen molar-refractivity contribution in [1.82, 2.24) is 14.8 Å². The van der Waals surface area contributed by atoms with Gasteiger partial charge in [-0.15, -0.1) is 0 Å². The Hall–Kier alpha value is -2.43. The number of carboxylic acids is 1. The Bertz CT molecular complexity index is 630. The van der Waals surface area contributed by atoms with E-state index >= 15 is 0 Å². The van der Waals surface area contributed by atoms with Crippen molar-refractivity contribution in [3.8, 4) is 0 Å². The molecular formula is C15H17N3O2. The topological polar surface area (TPSA) is 68.0 Å². The van der Waals surface area contributed by atoms with Crippen molar-refractivity contribution in [2.24, 2.45) is 5.92 Å². The monoisotopic (exact) mass is 271 g/mol. The minimum Gasteiger partial charge on any atom is -0.478 e. The van der Waals surface area contributed by atoms with Gasteiger partial charge in [-0.05, 0) is 30.2 Å². The summed E-state index contributed by atoms with van der Waals surface area (Å²) >= 11 is 0. The Morgan fingerprint density at radius 2 is 2.25 bits per heavy atom. The fraction of sp³-hybridized carbons (Fsp3) is 0.267. The number of hydrogen-bond donors (Lipinski definition) is 1. The molecule has 2 rings (SSSR count). The third kappa shape index (κ3) is 3.78. The van der Waals surface area contributed by atoms with Crippen LogP contribution in [0, 0.1) is 5.92 Å². The average Bonchev–Trinajstić information content (AvgIpc) is 2.83. The Morgan fingerprint density at radius 1 is 1.45 bits per heavy atom. The highest BCUT2D eigenvalue weighted by atomic mass is 16.4. The summed E-state index contributed by atoms with van der Waals surface area (Å²) in [6.07, 6.45) is 8.88. The number of aromatic carboxylic acids is 1. The van der Waals surface area contributed by atoms with Crippen LogP contribution in [0.4, 0.5) is 0 Å². The summed E-state index contributed by atoms with van der Waals surface area (Å²) in [6.45, 7) is 5.15. The molecule has 0 aromatic carbocycles. The molecule has 0 radical (unpaired) electrons. The van der Waals surface area contributed by atoms with Gasteiger partial charge in [-0.2, -0.15) is 5.10 Å². The van der Waals surface area contributed by atoms with Gasteiger partial charge in [0.2, 0.25) is 0 Å². The van der Waals surface area contributed by atoms with Crippen LogP contribution in [-0.2, 0) is 6.54 Å². The number of aromatic nitrogens is 3. The van der Waals surface area contributed by atoms with Crippen molar-refractivity contribution >= 4 is 18.1 Å². The zero-order chi connectivity index (χ0) is 14.5. The van der Waals surface area contributed by atoms with Crippen LogP contribution in [0.25, 0.3) is 12.2 Å². The first-order chi connectivity index (χ1) is 9.54. The Balaban J connectivity index is 2.11. The van der Waals surface area contributed by atoms with Gasteiger partial charge in [-0.25, -0.2) is 4.79 Å². The van der Waals surface area contributed by atoms with E-state index in [1.54, 1.807) is 12.3 Å². The third-order valence-corrected chi connectivity index (χ3v) is 2.68. The molecule has 0 aliphatic rings. The average molecular weight is 271 g/mol. The maximum Gasteiger partial charge on any atom is 0.335 e. The molecule has 0 spiro atoms. The van der Waals surface area contributed by atoms with Crippen LogP contribution in [0.3, 0.4) is 0 Å². The summed E-state index contributed by atoms with van der Waals surface area (Å²) in [7, 11) is 0. The summed E-state index contributed by atoms with van der Waals surface area (Å²) in [4.78, 5) is 15.0. The zero-order valence-electron chi connectivity index (χ0n) is 11.5. The molecule has 0 aliphatic heterocycles. The molecule has 0 aliphatic carbocycles. The molecule has 2 aromatic rings. The normalized spacial score (nSPS) is 11.3. The van der Waals surface area contributed by atoms with Crippen molar-refractivity contribution in [1.29, 1.82) is 0 Å². The molecule has 0 saturated heterocycles. The summed E-state index contributed by atoms with van der Waals surface area (Å²) in [5, 5.41) is 13.2. The SMILES string of the molecule is CC(C)Cn1cc(/C=C/c2cc(C(=O)O)ccn2)cn1. The number of carbonyl (C=O) groups is 1. The largest absolute Gasteiger partial charge is 0.478 e. The lowest BCUT2D eigenvalue weighted by Gasteiger charge is -2.02. The summed E-state index contributed by atoms with van der Waals surface area (Å²) in [5.74, 6) is -0.410. The molecule has 2 aromatic heterocycles. The number of pyridine rings is 1. The van der Waals surface area contributed by atoms with E-state index in [0.29, 0.717) is 11.6 Å². The van der Waals surface area contributed by atoms with Crippen molar-refractivity contribution in [3.63, 3.8) is 0 Å². The third-order valence-electron chi connectivity index (χ3n) is 2.68. The second-order valence-corrected chi connectivity index (χ2v) is 5.00. The molecule has 0 saturated carbocycles. The number of hydrogen-bond acceptors (Lipinski definition) is 3. The Labute approximate surface area is 117 Å². The van der Waals surface area contributed by atoms with Crippen LogP contribution in [0.1, 0.15) is 35.5 Å². The molecule has 0 atom stereocenters. The Kier molecular flexibility index (Phi) is 4.30. The van der Waals surface area contributed by atoms with Gasteiger partial charge in [-0.1, -0.05) is 13.8 Å². The molecule has 104 valence electrons. The van der Waals surface area contributed by atoms with E-state index in [2.05, 4.69) is 23.9 Å². The van der Waals surface area contributed by atoms with Gasteiger partial charge < -0.3 is 5.11 Å². The minimum atomic E-state index is -0.952. The van der Waals surface area contributed by atoms with Gasteiger partial charge in [0.05, 0.1) is 17.5 Å². The van der Waals surface area contributed by atoms with E-state index in [-0.39, 0.29) is 5.56 Å². The van der Waals surface area contributed by atoms with E-state index < -0.39 is 5.97 Å². The predicted molar refractivity (Wildman–Crippen MR) is 77.2 cm³/mol.